The van der Waals surface area contributed by atoms with E-state index in [2.05, 4.69) is 0 Å². The van der Waals surface area contributed by atoms with E-state index in [-0.39, 0.29) is 22.7 Å². The second-order valence-corrected chi connectivity index (χ2v) is 6.02. The predicted molar refractivity (Wildman–Crippen MR) is 87.7 cm³/mol. The first-order chi connectivity index (χ1) is 11.7. The molecule has 0 aromatic heterocycles. The number of hydrogen-bond donors (Lipinski definition) is 1. The van der Waals surface area contributed by atoms with Gasteiger partial charge in [0.05, 0.1) is 0 Å². The average molecular weight is 342 g/mol. The number of hydrogen-bond acceptors (Lipinski definition) is 5. The van der Waals surface area contributed by atoms with Gasteiger partial charge in [-0.1, -0.05) is 18.2 Å². The van der Waals surface area contributed by atoms with Crippen molar-refractivity contribution < 1.29 is 28.6 Å². The lowest BCUT2D eigenvalue weighted by Crippen LogP contribution is -2.41. The van der Waals surface area contributed by atoms with Crippen LogP contribution in [-0.4, -0.2) is 22.8 Å². The van der Waals surface area contributed by atoms with Crippen LogP contribution in [0.25, 0.3) is 17.2 Å². The van der Waals surface area contributed by atoms with Crippen LogP contribution in [0.3, 0.4) is 0 Å². The summed E-state index contributed by atoms with van der Waals surface area (Å²) in [5, 5.41) is 10.0. The number of phenolic OH excluding ortho intramolecular Hbond substituents is 1. The molecule has 2 aromatic carbocycles. The van der Waals surface area contributed by atoms with Gasteiger partial charge in [0.1, 0.15) is 17.1 Å². The Kier molecular flexibility index (Phi) is 4.04. The van der Waals surface area contributed by atoms with Gasteiger partial charge in [0.25, 0.3) is 5.79 Å². The molecule has 1 aliphatic heterocycles. The Morgan fingerprint density at radius 2 is 1.52 bits per heavy atom. The fourth-order valence-electron chi connectivity index (χ4n) is 2.43. The zero-order valence-corrected chi connectivity index (χ0v) is 13.6. The summed E-state index contributed by atoms with van der Waals surface area (Å²) in [6, 6.07) is 10.5. The van der Waals surface area contributed by atoms with Gasteiger partial charge in [-0.15, -0.1) is 0 Å². The number of carbonyl (C=O) groups excluding carboxylic acids is 2. The fourth-order valence-corrected chi connectivity index (χ4v) is 2.43. The van der Waals surface area contributed by atoms with Crippen LogP contribution >= 0.6 is 0 Å². The topological polar surface area (TPSA) is 72.8 Å². The van der Waals surface area contributed by atoms with E-state index in [4.69, 9.17) is 9.47 Å². The standard InChI is InChI=1S/C19H15FO5/c1-19(2)24-17(22)15(18(23)25-19)10-13-9-12(5-8-16(13)21)11-3-6-14(20)7-4-11/h3-10,21H,1-2H3. The number of carbonyl (C=O) groups is 2. The number of rotatable bonds is 2. The molecule has 0 bridgehead atoms. The molecule has 1 N–H and O–H groups in total. The lowest BCUT2D eigenvalue weighted by atomic mass is 10.0. The van der Waals surface area contributed by atoms with Gasteiger partial charge in [-0.3, -0.25) is 0 Å². The molecule has 2 aromatic rings. The largest absolute Gasteiger partial charge is 0.507 e. The highest BCUT2D eigenvalue weighted by atomic mass is 19.1. The van der Waals surface area contributed by atoms with E-state index in [9.17, 15) is 19.1 Å². The van der Waals surface area contributed by atoms with Crippen molar-refractivity contribution in [2.45, 2.75) is 19.6 Å². The first-order valence-corrected chi connectivity index (χ1v) is 7.52. The van der Waals surface area contributed by atoms with Gasteiger partial charge in [0, 0.05) is 19.4 Å². The molecule has 0 saturated carbocycles. The van der Waals surface area contributed by atoms with E-state index in [1.54, 1.807) is 24.3 Å². The second kappa shape index (κ2) is 6.05. The summed E-state index contributed by atoms with van der Waals surface area (Å²) in [6.07, 6.45) is 1.21. The molecule has 1 aliphatic rings. The average Bonchev–Trinajstić information content (AvgIpc) is 2.52. The van der Waals surface area contributed by atoms with Crippen LogP contribution in [0.4, 0.5) is 4.39 Å². The maximum Gasteiger partial charge on any atom is 0.348 e. The van der Waals surface area contributed by atoms with Gasteiger partial charge in [0.15, 0.2) is 0 Å². The number of halogens is 1. The molecule has 0 atom stereocenters. The number of benzene rings is 2. The maximum absolute atomic E-state index is 13.1. The van der Waals surface area contributed by atoms with Crippen LogP contribution in [0.15, 0.2) is 48.0 Å². The summed E-state index contributed by atoms with van der Waals surface area (Å²) >= 11 is 0. The molecule has 6 heteroatoms. The van der Waals surface area contributed by atoms with Crippen LogP contribution in [0.2, 0.25) is 0 Å². The molecule has 0 spiro atoms. The van der Waals surface area contributed by atoms with Crippen LogP contribution in [0, 0.1) is 5.82 Å². The highest BCUT2D eigenvalue weighted by Crippen LogP contribution is 2.30. The molecule has 0 amide bonds. The third-order valence-electron chi connectivity index (χ3n) is 3.62. The minimum absolute atomic E-state index is 0.121. The lowest BCUT2D eigenvalue weighted by molar-refractivity contribution is -0.222. The fraction of sp³-hybridized carbons (Fsp3) is 0.158. The molecule has 5 nitrogen and oxygen atoms in total. The van der Waals surface area contributed by atoms with Crippen molar-refractivity contribution in [2.75, 3.05) is 0 Å². The molecule has 1 fully saturated rings. The highest BCUT2D eigenvalue weighted by molar-refractivity contribution is 6.19. The molecular formula is C19H15FO5. The Balaban J connectivity index is 2.00. The molecule has 128 valence electrons. The summed E-state index contributed by atoms with van der Waals surface area (Å²) in [4.78, 5) is 24.0. The summed E-state index contributed by atoms with van der Waals surface area (Å²) in [6.45, 7) is 2.90. The van der Waals surface area contributed by atoms with Crippen molar-refractivity contribution >= 4 is 18.0 Å². The first-order valence-electron chi connectivity index (χ1n) is 7.52. The molecular weight excluding hydrogens is 327 g/mol. The summed E-state index contributed by atoms with van der Waals surface area (Å²) in [7, 11) is 0. The molecule has 3 rings (SSSR count). The van der Waals surface area contributed by atoms with E-state index < -0.39 is 17.7 Å². The van der Waals surface area contributed by atoms with Crippen molar-refractivity contribution in [3.63, 3.8) is 0 Å². The van der Waals surface area contributed by atoms with E-state index in [0.29, 0.717) is 5.56 Å². The minimum Gasteiger partial charge on any atom is -0.507 e. The zero-order chi connectivity index (χ0) is 18.2. The molecule has 1 heterocycles. The molecule has 0 unspecified atom stereocenters. The number of phenols is 1. The molecule has 0 radical (unpaired) electrons. The van der Waals surface area contributed by atoms with Gasteiger partial charge in [-0.2, -0.15) is 0 Å². The second-order valence-electron chi connectivity index (χ2n) is 6.02. The zero-order valence-electron chi connectivity index (χ0n) is 13.6. The molecule has 0 aliphatic carbocycles. The third-order valence-corrected chi connectivity index (χ3v) is 3.62. The normalized spacial score (nSPS) is 16.2. The Bertz CT molecular complexity index is 859. The Labute approximate surface area is 143 Å². The Morgan fingerprint density at radius 3 is 2.12 bits per heavy atom. The monoisotopic (exact) mass is 342 g/mol. The Hall–Kier alpha value is -3.15. The predicted octanol–water partition coefficient (Wildman–Crippen LogP) is 3.42. The number of aromatic hydroxyl groups is 1. The van der Waals surface area contributed by atoms with Crippen molar-refractivity contribution in [2.24, 2.45) is 0 Å². The Morgan fingerprint density at radius 1 is 0.960 bits per heavy atom. The quantitative estimate of drug-likeness (QED) is 0.514. The van der Waals surface area contributed by atoms with Crippen molar-refractivity contribution in [3.8, 4) is 16.9 Å². The molecule has 1 saturated heterocycles. The van der Waals surface area contributed by atoms with Crippen molar-refractivity contribution in [1.82, 2.24) is 0 Å². The van der Waals surface area contributed by atoms with Gasteiger partial charge in [-0.25, -0.2) is 14.0 Å². The van der Waals surface area contributed by atoms with Gasteiger partial charge < -0.3 is 14.6 Å². The van der Waals surface area contributed by atoms with Crippen LogP contribution in [0.1, 0.15) is 19.4 Å². The lowest BCUT2D eigenvalue weighted by Gasteiger charge is -2.29. The smallest absolute Gasteiger partial charge is 0.348 e. The third kappa shape index (κ3) is 3.52. The summed E-state index contributed by atoms with van der Waals surface area (Å²) in [5.41, 5.74) is 1.33. The van der Waals surface area contributed by atoms with Crippen LogP contribution < -0.4 is 0 Å². The van der Waals surface area contributed by atoms with E-state index in [0.717, 1.165) is 5.56 Å². The molecule has 25 heavy (non-hydrogen) atoms. The number of cyclic esters (lactones) is 2. The maximum atomic E-state index is 13.1. The number of esters is 2. The summed E-state index contributed by atoms with van der Waals surface area (Å²) in [5.74, 6) is -3.46. The SMILES string of the molecule is CC1(C)OC(=O)C(=Cc2cc(-c3ccc(F)cc3)ccc2O)C(=O)O1. The minimum atomic E-state index is -1.33. The summed E-state index contributed by atoms with van der Waals surface area (Å²) < 4.78 is 23.1. The van der Waals surface area contributed by atoms with Gasteiger partial charge in [0.2, 0.25) is 0 Å². The van der Waals surface area contributed by atoms with E-state index >= 15 is 0 Å². The number of ether oxygens (including phenoxy) is 2. The van der Waals surface area contributed by atoms with Crippen LogP contribution in [-0.2, 0) is 19.1 Å². The first kappa shape index (κ1) is 16.7. The van der Waals surface area contributed by atoms with Gasteiger partial charge >= 0.3 is 11.9 Å². The highest BCUT2D eigenvalue weighted by Gasteiger charge is 2.38. The van der Waals surface area contributed by atoms with E-state index in [1.165, 1.54) is 38.1 Å². The van der Waals surface area contributed by atoms with E-state index in [1.807, 2.05) is 0 Å². The van der Waals surface area contributed by atoms with Crippen molar-refractivity contribution in [1.29, 1.82) is 0 Å². The van der Waals surface area contributed by atoms with Crippen LogP contribution in [0.5, 0.6) is 5.75 Å². The van der Waals surface area contributed by atoms with Crippen molar-refractivity contribution in [3.05, 3.63) is 59.4 Å². The van der Waals surface area contributed by atoms with Gasteiger partial charge in [-0.05, 0) is 41.5 Å².